The van der Waals surface area contributed by atoms with Crippen LogP contribution in [0.25, 0.3) is 0 Å². The zero-order valence-corrected chi connectivity index (χ0v) is 10.4. The highest BCUT2D eigenvalue weighted by Gasteiger charge is 2.13. The Morgan fingerprint density at radius 3 is 2.69 bits per heavy atom. The van der Waals surface area contributed by atoms with Gasteiger partial charge in [-0.1, -0.05) is 0 Å². The molecule has 0 radical (unpaired) electrons. The first-order chi connectivity index (χ1) is 7.45. The molecule has 0 aromatic carbocycles. The van der Waals surface area contributed by atoms with Crippen LogP contribution in [0.3, 0.4) is 0 Å². The van der Waals surface area contributed by atoms with Crippen LogP contribution in [0.1, 0.15) is 18.2 Å². The molecule has 0 saturated carbocycles. The zero-order valence-electron chi connectivity index (χ0n) is 10.4. The van der Waals surface area contributed by atoms with Gasteiger partial charge in [-0.3, -0.25) is 4.68 Å². The molecule has 1 rings (SSSR count). The van der Waals surface area contributed by atoms with Gasteiger partial charge in [0.2, 0.25) is 0 Å². The second-order valence-electron chi connectivity index (χ2n) is 4.30. The van der Waals surface area contributed by atoms with Crippen LogP contribution in [0, 0.1) is 24.2 Å². The lowest BCUT2D eigenvalue weighted by Gasteiger charge is -2.17. The van der Waals surface area contributed by atoms with E-state index in [1.807, 2.05) is 27.9 Å². The van der Waals surface area contributed by atoms with Crippen LogP contribution in [0.4, 0.5) is 5.82 Å². The van der Waals surface area contributed by atoms with Gasteiger partial charge in [-0.05, 0) is 20.9 Å². The van der Waals surface area contributed by atoms with E-state index in [2.05, 4.69) is 16.1 Å². The second-order valence-corrected chi connectivity index (χ2v) is 4.30. The van der Waals surface area contributed by atoms with E-state index in [1.54, 1.807) is 4.68 Å². The molecular formula is C11H19N5. The maximum Gasteiger partial charge on any atom is 0.126 e. The summed E-state index contributed by atoms with van der Waals surface area (Å²) in [6, 6.07) is 2.22. The summed E-state index contributed by atoms with van der Waals surface area (Å²) in [5, 5.41) is 13.0. The van der Waals surface area contributed by atoms with Gasteiger partial charge in [0.15, 0.2) is 0 Å². The predicted octanol–water partition coefficient (Wildman–Crippen LogP) is 0.902. The van der Waals surface area contributed by atoms with Crippen molar-refractivity contribution in [3.8, 4) is 6.07 Å². The molecule has 16 heavy (non-hydrogen) atoms. The molecule has 0 saturated heterocycles. The molecule has 1 atom stereocenters. The summed E-state index contributed by atoms with van der Waals surface area (Å²) in [5.74, 6) is 0.733. The lowest BCUT2D eigenvalue weighted by atomic mass is 10.2. The van der Waals surface area contributed by atoms with Gasteiger partial charge < -0.3 is 10.6 Å². The van der Waals surface area contributed by atoms with Crippen molar-refractivity contribution in [2.45, 2.75) is 20.4 Å². The third kappa shape index (κ3) is 2.74. The van der Waals surface area contributed by atoms with Crippen LogP contribution in [0.15, 0.2) is 0 Å². The van der Waals surface area contributed by atoms with Gasteiger partial charge in [0.05, 0.1) is 17.7 Å². The number of rotatable bonds is 4. The topological polar surface area (TPSA) is 70.9 Å². The molecule has 2 N–H and O–H groups in total. The van der Waals surface area contributed by atoms with Crippen molar-refractivity contribution in [2.75, 3.05) is 19.3 Å². The van der Waals surface area contributed by atoms with Crippen LogP contribution < -0.4 is 5.73 Å². The van der Waals surface area contributed by atoms with Crippen molar-refractivity contribution in [3.63, 3.8) is 0 Å². The molecular weight excluding hydrogens is 202 g/mol. The number of nitrogens with two attached hydrogens (primary N) is 1. The largest absolute Gasteiger partial charge is 0.384 e. The molecule has 88 valence electrons. The van der Waals surface area contributed by atoms with Gasteiger partial charge in [-0.25, -0.2) is 0 Å². The van der Waals surface area contributed by atoms with Crippen molar-refractivity contribution < 1.29 is 0 Å². The first kappa shape index (κ1) is 12.5. The number of nitriles is 1. The summed E-state index contributed by atoms with van der Waals surface area (Å²) >= 11 is 0. The summed E-state index contributed by atoms with van der Waals surface area (Å²) in [4.78, 5) is 2.09. The molecule has 1 unspecified atom stereocenters. The fraction of sp³-hybridized carbons (Fsp3) is 0.636. The summed E-state index contributed by atoms with van der Waals surface area (Å²) in [6.45, 7) is 5.34. The number of nitrogen functional groups attached to an aromatic ring is 1. The highest BCUT2D eigenvalue weighted by Crippen LogP contribution is 2.17. The minimum atomic E-state index is 0.0307. The molecule has 0 bridgehead atoms. The molecule has 0 aliphatic rings. The van der Waals surface area contributed by atoms with Gasteiger partial charge in [0.25, 0.3) is 0 Å². The van der Waals surface area contributed by atoms with Crippen molar-refractivity contribution in [1.29, 1.82) is 5.26 Å². The number of aromatic nitrogens is 2. The summed E-state index contributed by atoms with van der Waals surface area (Å²) < 4.78 is 1.69. The van der Waals surface area contributed by atoms with Crippen molar-refractivity contribution in [1.82, 2.24) is 14.7 Å². The van der Waals surface area contributed by atoms with Gasteiger partial charge in [-0.2, -0.15) is 10.4 Å². The quantitative estimate of drug-likeness (QED) is 0.820. The zero-order chi connectivity index (χ0) is 12.3. The highest BCUT2D eigenvalue weighted by molar-refractivity contribution is 5.42. The Hall–Kier alpha value is -1.54. The van der Waals surface area contributed by atoms with Gasteiger partial charge in [0.1, 0.15) is 5.82 Å². The minimum Gasteiger partial charge on any atom is -0.384 e. The Morgan fingerprint density at radius 1 is 1.62 bits per heavy atom. The summed E-state index contributed by atoms with van der Waals surface area (Å²) in [6.07, 6.45) is 0. The second kappa shape index (κ2) is 4.99. The molecule has 1 heterocycles. The SMILES string of the molecule is Cc1nn(C)c(N)c1CN(C)CC(C)C#N. The normalized spacial score (nSPS) is 12.8. The molecule has 0 amide bonds. The first-order valence-electron chi connectivity index (χ1n) is 5.31. The number of nitrogens with zero attached hydrogens (tertiary/aromatic N) is 4. The van der Waals surface area contributed by atoms with Gasteiger partial charge >= 0.3 is 0 Å². The molecule has 1 aromatic heterocycles. The molecule has 0 spiro atoms. The van der Waals surface area contributed by atoms with Gasteiger partial charge in [0, 0.05) is 25.7 Å². The maximum absolute atomic E-state index is 8.75. The predicted molar refractivity (Wildman–Crippen MR) is 63.5 cm³/mol. The fourth-order valence-electron chi connectivity index (χ4n) is 1.76. The lowest BCUT2D eigenvalue weighted by Crippen LogP contribution is -2.24. The third-order valence-electron chi connectivity index (χ3n) is 2.63. The molecule has 0 aliphatic carbocycles. The summed E-state index contributed by atoms with van der Waals surface area (Å²) in [7, 11) is 3.82. The average molecular weight is 221 g/mol. The van der Waals surface area contributed by atoms with Crippen LogP contribution in [-0.4, -0.2) is 28.3 Å². The first-order valence-corrected chi connectivity index (χ1v) is 5.31. The van der Waals surface area contributed by atoms with Crippen LogP contribution in [0.5, 0.6) is 0 Å². The van der Waals surface area contributed by atoms with E-state index in [4.69, 9.17) is 11.0 Å². The number of hydrogen-bond acceptors (Lipinski definition) is 4. The lowest BCUT2D eigenvalue weighted by molar-refractivity contribution is 0.303. The van der Waals surface area contributed by atoms with Crippen molar-refractivity contribution in [2.24, 2.45) is 13.0 Å². The van der Waals surface area contributed by atoms with Gasteiger partial charge in [-0.15, -0.1) is 0 Å². The van der Waals surface area contributed by atoms with Crippen LogP contribution in [0.2, 0.25) is 0 Å². The van der Waals surface area contributed by atoms with E-state index in [-0.39, 0.29) is 5.92 Å². The minimum absolute atomic E-state index is 0.0307. The van der Waals surface area contributed by atoms with Crippen LogP contribution >= 0.6 is 0 Å². The van der Waals surface area contributed by atoms with Crippen LogP contribution in [-0.2, 0) is 13.6 Å². The Bertz CT molecular complexity index is 401. The smallest absolute Gasteiger partial charge is 0.126 e. The van der Waals surface area contributed by atoms with E-state index < -0.39 is 0 Å². The third-order valence-corrected chi connectivity index (χ3v) is 2.63. The molecule has 0 aliphatic heterocycles. The van der Waals surface area contributed by atoms with E-state index in [0.29, 0.717) is 5.82 Å². The van der Waals surface area contributed by atoms with E-state index >= 15 is 0 Å². The summed E-state index contributed by atoms with van der Waals surface area (Å²) in [5.41, 5.74) is 7.93. The monoisotopic (exact) mass is 221 g/mol. The molecule has 0 fully saturated rings. The fourth-order valence-corrected chi connectivity index (χ4v) is 1.76. The molecule has 5 heteroatoms. The number of aryl methyl sites for hydroxylation is 2. The maximum atomic E-state index is 8.75. The van der Waals surface area contributed by atoms with Crippen molar-refractivity contribution in [3.05, 3.63) is 11.3 Å². The number of hydrogen-bond donors (Lipinski definition) is 1. The Labute approximate surface area is 96.5 Å². The average Bonchev–Trinajstić information content (AvgIpc) is 2.45. The van der Waals surface area contributed by atoms with E-state index in [9.17, 15) is 0 Å². The van der Waals surface area contributed by atoms with E-state index in [0.717, 1.165) is 24.3 Å². The Morgan fingerprint density at radius 2 is 2.25 bits per heavy atom. The molecule has 1 aromatic rings. The van der Waals surface area contributed by atoms with E-state index in [1.165, 1.54) is 0 Å². The Kier molecular flexibility index (Phi) is 3.91. The standard InChI is InChI=1S/C11H19N5/c1-8(5-12)6-15(3)7-10-9(2)14-16(4)11(10)13/h8H,6-7,13H2,1-4H3. The highest BCUT2D eigenvalue weighted by atomic mass is 15.3. The number of anilines is 1. The Balaban J connectivity index is 2.70. The van der Waals surface area contributed by atoms with Crippen molar-refractivity contribution >= 4 is 5.82 Å². The molecule has 5 nitrogen and oxygen atoms in total.